The van der Waals surface area contributed by atoms with Crippen molar-refractivity contribution in [3.8, 4) is 0 Å². The standard InChI is InChI=1S/C17H29N5O3S/c1-12-13(2)19-17(18)15-16(12)22(14(3)20-15)8-10-25-9-4-6-21-7-5-11-26(21,23)24/h23-24H,4-11H2,1-3H3,(H2,18,19). The van der Waals surface area contributed by atoms with Gasteiger partial charge in [0.05, 0.1) is 17.9 Å². The molecule has 0 spiro atoms. The van der Waals surface area contributed by atoms with Crippen molar-refractivity contribution in [1.29, 1.82) is 0 Å². The van der Waals surface area contributed by atoms with Gasteiger partial charge in [0.2, 0.25) is 0 Å². The van der Waals surface area contributed by atoms with Gasteiger partial charge in [-0.05, 0) is 39.2 Å². The Bertz CT molecular complexity index is 793. The third-order valence-corrected chi connectivity index (χ3v) is 7.01. The van der Waals surface area contributed by atoms with Crippen molar-refractivity contribution in [2.75, 3.05) is 37.8 Å². The molecule has 146 valence electrons. The van der Waals surface area contributed by atoms with Gasteiger partial charge in [-0.2, -0.15) is 0 Å². The summed E-state index contributed by atoms with van der Waals surface area (Å²) in [6, 6.07) is 0. The van der Waals surface area contributed by atoms with Gasteiger partial charge in [-0.25, -0.2) is 14.3 Å². The number of pyridine rings is 1. The van der Waals surface area contributed by atoms with Gasteiger partial charge in [-0.15, -0.1) is 10.8 Å². The van der Waals surface area contributed by atoms with Gasteiger partial charge < -0.3 is 15.0 Å². The third-order valence-electron chi connectivity index (χ3n) is 4.98. The highest BCUT2D eigenvalue weighted by Crippen LogP contribution is 2.48. The van der Waals surface area contributed by atoms with E-state index in [0.717, 1.165) is 47.5 Å². The van der Waals surface area contributed by atoms with Crippen LogP contribution in [0.5, 0.6) is 0 Å². The molecule has 1 aliphatic heterocycles. The molecular weight excluding hydrogens is 354 g/mol. The molecule has 1 aliphatic rings. The van der Waals surface area contributed by atoms with E-state index in [9.17, 15) is 9.11 Å². The van der Waals surface area contributed by atoms with Crippen LogP contribution in [0, 0.1) is 20.8 Å². The average Bonchev–Trinajstić information content (AvgIpc) is 3.08. The summed E-state index contributed by atoms with van der Waals surface area (Å²) < 4.78 is 29.4. The van der Waals surface area contributed by atoms with Crippen LogP contribution in [0.15, 0.2) is 0 Å². The number of nitrogen functional groups attached to an aromatic ring is 1. The molecule has 26 heavy (non-hydrogen) atoms. The lowest BCUT2D eigenvalue weighted by Crippen LogP contribution is -2.24. The Balaban J connectivity index is 1.53. The molecule has 3 heterocycles. The normalized spacial score (nSPS) is 18.7. The Morgan fingerprint density at radius 1 is 1.15 bits per heavy atom. The molecule has 9 heteroatoms. The number of aryl methyl sites for hydroxylation is 3. The lowest BCUT2D eigenvalue weighted by Gasteiger charge is -2.36. The van der Waals surface area contributed by atoms with Gasteiger partial charge in [0.25, 0.3) is 0 Å². The Labute approximate surface area is 155 Å². The largest absolute Gasteiger partial charge is 0.382 e. The van der Waals surface area contributed by atoms with E-state index < -0.39 is 10.8 Å². The molecule has 1 fully saturated rings. The highest BCUT2D eigenvalue weighted by Gasteiger charge is 2.27. The molecule has 0 bridgehead atoms. The van der Waals surface area contributed by atoms with E-state index in [0.29, 0.717) is 37.9 Å². The first-order valence-corrected chi connectivity index (χ1v) is 10.7. The number of hydrogen-bond donors (Lipinski definition) is 3. The first-order valence-electron chi connectivity index (χ1n) is 8.99. The summed E-state index contributed by atoms with van der Waals surface area (Å²) in [6.07, 6.45) is 1.64. The number of nitrogens with zero attached hydrogens (tertiary/aromatic N) is 4. The summed E-state index contributed by atoms with van der Waals surface area (Å²) in [5, 5.41) is 0. The maximum absolute atomic E-state index is 9.88. The fraction of sp³-hybridized carbons (Fsp3) is 0.647. The predicted octanol–water partition coefficient (Wildman–Crippen LogP) is 2.72. The maximum atomic E-state index is 9.88. The van der Waals surface area contributed by atoms with Gasteiger partial charge in [0.15, 0.2) is 5.82 Å². The molecule has 8 nitrogen and oxygen atoms in total. The van der Waals surface area contributed by atoms with Crippen molar-refractivity contribution in [2.24, 2.45) is 0 Å². The molecule has 4 N–H and O–H groups in total. The van der Waals surface area contributed by atoms with Crippen LogP contribution in [0.1, 0.15) is 29.9 Å². The Morgan fingerprint density at radius 3 is 2.62 bits per heavy atom. The van der Waals surface area contributed by atoms with E-state index in [1.807, 2.05) is 20.8 Å². The third kappa shape index (κ3) is 3.81. The maximum Gasteiger partial charge on any atom is 0.151 e. The monoisotopic (exact) mass is 383 g/mol. The van der Waals surface area contributed by atoms with Crippen molar-refractivity contribution < 1.29 is 13.8 Å². The Kier molecular flexibility index (Phi) is 5.73. The zero-order chi connectivity index (χ0) is 18.9. The molecule has 2 aromatic heterocycles. The Hall–Kier alpha value is -1.39. The predicted molar refractivity (Wildman–Crippen MR) is 105 cm³/mol. The summed E-state index contributed by atoms with van der Waals surface area (Å²) in [5.41, 5.74) is 9.82. The van der Waals surface area contributed by atoms with Gasteiger partial charge in [-0.1, -0.05) is 0 Å². The fourth-order valence-electron chi connectivity index (χ4n) is 3.45. The number of imidazole rings is 1. The van der Waals surface area contributed by atoms with Crippen LogP contribution in [0.2, 0.25) is 0 Å². The summed E-state index contributed by atoms with van der Waals surface area (Å²) >= 11 is 0. The van der Waals surface area contributed by atoms with E-state index >= 15 is 0 Å². The van der Waals surface area contributed by atoms with Gasteiger partial charge >= 0.3 is 0 Å². The number of aromatic nitrogens is 3. The number of hydrogen-bond acceptors (Lipinski definition) is 7. The minimum absolute atomic E-state index is 0.468. The summed E-state index contributed by atoms with van der Waals surface area (Å²) in [4.78, 5) is 8.91. The molecule has 1 saturated heterocycles. The summed E-state index contributed by atoms with van der Waals surface area (Å²) in [7, 11) is -2.51. The minimum Gasteiger partial charge on any atom is -0.382 e. The van der Waals surface area contributed by atoms with E-state index in [4.69, 9.17) is 10.5 Å². The zero-order valence-electron chi connectivity index (χ0n) is 15.7. The van der Waals surface area contributed by atoms with Crippen molar-refractivity contribution in [1.82, 2.24) is 18.8 Å². The first-order chi connectivity index (χ1) is 12.3. The molecule has 0 aromatic carbocycles. The molecular formula is C17H29N5O3S. The highest BCUT2D eigenvalue weighted by atomic mass is 32.3. The van der Waals surface area contributed by atoms with Gasteiger partial charge in [0, 0.05) is 31.9 Å². The van der Waals surface area contributed by atoms with Crippen LogP contribution in [0.4, 0.5) is 5.82 Å². The van der Waals surface area contributed by atoms with E-state index in [-0.39, 0.29) is 0 Å². The average molecular weight is 384 g/mol. The molecule has 2 aromatic rings. The smallest absolute Gasteiger partial charge is 0.151 e. The number of fused-ring (bicyclic) bond motifs is 1. The molecule has 0 amide bonds. The van der Waals surface area contributed by atoms with Crippen LogP contribution in [-0.2, 0) is 11.3 Å². The number of rotatable bonds is 7. The van der Waals surface area contributed by atoms with Crippen molar-refractivity contribution in [3.63, 3.8) is 0 Å². The van der Waals surface area contributed by atoms with Crippen LogP contribution < -0.4 is 5.73 Å². The molecule has 0 aliphatic carbocycles. The van der Waals surface area contributed by atoms with Crippen LogP contribution in [0.25, 0.3) is 11.0 Å². The van der Waals surface area contributed by atoms with Crippen molar-refractivity contribution in [3.05, 3.63) is 17.1 Å². The van der Waals surface area contributed by atoms with E-state index in [1.54, 1.807) is 4.31 Å². The van der Waals surface area contributed by atoms with Gasteiger partial charge in [0.1, 0.15) is 11.3 Å². The summed E-state index contributed by atoms with van der Waals surface area (Å²) in [6.45, 7) is 9.25. The number of nitrogens with two attached hydrogens (primary N) is 1. The molecule has 3 rings (SSSR count). The van der Waals surface area contributed by atoms with E-state index in [2.05, 4.69) is 14.5 Å². The topological polar surface area (TPSA) is 110 Å². The SMILES string of the molecule is Cc1nc(N)c2nc(C)n(CCOCCCN3CCCS3(O)O)c2c1C. The molecule has 0 unspecified atom stereocenters. The van der Waals surface area contributed by atoms with Gasteiger partial charge in [-0.3, -0.25) is 9.11 Å². The zero-order valence-corrected chi connectivity index (χ0v) is 16.6. The lowest BCUT2D eigenvalue weighted by molar-refractivity contribution is 0.120. The molecule has 0 saturated carbocycles. The van der Waals surface area contributed by atoms with Crippen LogP contribution in [0.3, 0.4) is 0 Å². The highest BCUT2D eigenvalue weighted by molar-refractivity contribution is 8.22. The van der Waals surface area contributed by atoms with Crippen LogP contribution in [-0.4, -0.2) is 60.0 Å². The quantitative estimate of drug-likeness (QED) is 0.631. The second-order valence-corrected chi connectivity index (χ2v) is 8.99. The first kappa shape index (κ1) is 19.4. The molecule has 0 atom stereocenters. The number of anilines is 1. The van der Waals surface area contributed by atoms with Crippen LogP contribution >= 0.6 is 10.8 Å². The second-order valence-electron chi connectivity index (χ2n) is 6.80. The fourth-order valence-corrected chi connectivity index (χ4v) is 5.07. The number of ether oxygens (including phenoxy) is 1. The minimum atomic E-state index is -2.51. The lowest BCUT2D eigenvalue weighted by atomic mass is 10.2. The van der Waals surface area contributed by atoms with Crippen molar-refractivity contribution in [2.45, 2.75) is 40.2 Å². The van der Waals surface area contributed by atoms with E-state index in [1.165, 1.54) is 0 Å². The second kappa shape index (κ2) is 7.69. The Morgan fingerprint density at radius 2 is 1.92 bits per heavy atom. The van der Waals surface area contributed by atoms with Crippen molar-refractivity contribution >= 4 is 27.6 Å². The molecule has 0 radical (unpaired) electrons. The summed E-state index contributed by atoms with van der Waals surface area (Å²) in [5.74, 6) is 1.87.